The van der Waals surface area contributed by atoms with Crippen molar-refractivity contribution in [3.05, 3.63) is 48.6 Å². The Balaban J connectivity index is 1.65. The summed E-state index contributed by atoms with van der Waals surface area (Å²) < 4.78 is 42.7. The van der Waals surface area contributed by atoms with E-state index in [1.165, 1.54) is 24.3 Å². The van der Waals surface area contributed by atoms with Crippen molar-refractivity contribution in [3.63, 3.8) is 0 Å². The van der Waals surface area contributed by atoms with Gasteiger partial charge in [0.25, 0.3) is 10.1 Å². The highest BCUT2D eigenvalue weighted by Crippen LogP contribution is 2.36. The van der Waals surface area contributed by atoms with Gasteiger partial charge in [-0.2, -0.15) is 8.42 Å². The Labute approximate surface area is 175 Å². The Bertz CT molecular complexity index is 1100. The summed E-state index contributed by atoms with van der Waals surface area (Å²) in [5.41, 5.74) is -0.443. The molecule has 0 unspecified atom stereocenters. The standard InChI is InChI=1S/C22H24O7S/c1-3-22(10-4-5-11-22)29-21(24)15(2)12-20(23)28-18-8-6-16-7-9-19(30(25,26)27)14-17(16)13-18/h6-9,13-14H,2-5,10-12H2,1H3,(H,25,26,27). The average molecular weight is 432 g/mol. The third-order valence-electron chi connectivity index (χ3n) is 5.43. The average Bonchev–Trinajstić information content (AvgIpc) is 3.15. The van der Waals surface area contributed by atoms with Crippen LogP contribution in [0.3, 0.4) is 0 Å². The van der Waals surface area contributed by atoms with Gasteiger partial charge < -0.3 is 9.47 Å². The molecule has 2 aromatic rings. The van der Waals surface area contributed by atoms with Crippen LogP contribution < -0.4 is 4.74 Å². The molecular weight excluding hydrogens is 408 g/mol. The fraction of sp³-hybridized carbons (Fsp3) is 0.364. The molecule has 1 aliphatic carbocycles. The Morgan fingerprint density at radius 3 is 2.40 bits per heavy atom. The number of hydrogen-bond acceptors (Lipinski definition) is 6. The molecule has 0 radical (unpaired) electrons. The first-order valence-electron chi connectivity index (χ1n) is 9.75. The zero-order valence-electron chi connectivity index (χ0n) is 16.7. The summed E-state index contributed by atoms with van der Waals surface area (Å²) in [7, 11) is -4.34. The maximum Gasteiger partial charge on any atom is 0.334 e. The lowest BCUT2D eigenvalue weighted by Crippen LogP contribution is -2.32. The van der Waals surface area contributed by atoms with Crippen LogP contribution in [0.5, 0.6) is 5.75 Å². The second-order valence-electron chi connectivity index (χ2n) is 7.53. The largest absolute Gasteiger partial charge is 0.456 e. The van der Waals surface area contributed by atoms with Crippen LogP contribution in [0, 0.1) is 0 Å². The molecule has 0 aliphatic heterocycles. The van der Waals surface area contributed by atoms with Gasteiger partial charge in [0.2, 0.25) is 0 Å². The van der Waals surface area contributed by atoms with Crippen molar-refractivity contribution in [2.45, 2.75) is 55.9 Å². The molecule has 7 nitrogen and oxygen atoms in total. The second kappa shape index (κ2) is 8.57. The molecule has 1 aliphatic rings. The molecule has 0 spiro atoms. The lowest BCUT2D eigenvalue weighted by atomic mass is 9.98. The molecule has 3 rings (SSSR count). The molecule has 0 aromatic heterocycles. The first kappa shape index (κ1) is 22.0. The maximum atomic E-state index is 12.3. The first-order chi connectivity index (χ1) is 14.1. The third kappa shape index (κ3) is 5.06. The lowest BCUT2D eigenvalue weighted by Gasteiger charge is -2.27. The molecule has 0 atom stereocenters. The fourth-order valence-corrected chi connectivity index (χ4v) is 4.17. The van der Waals surface area contributed by atoms with E-state index in [9.17, 15) is 22.6 Å². The van der Waals surface area contributed by atoms with Crippen molar-refractivity contribution >= 4 is 32.8 Å². The van der Waals surface area contributed by atoms with Gasteiger partial charge in [-0.3, -0.25) is 9.35 Å². The van der Waals surface area contributed by atoms with E-state index in [1.54, 1.807) is 12.1 Å². The highest BCUT2D eigenvalue weighted by atomic mass is 32.2. The van der Waals surface area contributed by atoms with E-state index >= 15 is 0 Å². The zero-order valence-corrected chi connectivity index (χ0v) is 17.5. The molecule has 1 saturated carbocycles. The zero-order chi connectivity index (χ0) is 21.9. The predicted octanol–water partition coefficient (Wildman–Crippen LogP) is 4.20. The van der Waals surface area contributed by atoms with Crippen LogP contribution in [0.2, 0.25) is 0 Å². The van der Waals surface area contributed by atoms with E-state index in [0.717, 1.165) is 32.1 Å². The molecule has 0 bridgehead atoms. The molecule has 1 fully saturated rings. The number of benzene rings is 2. The predicted molar refractivity (Wildman–Crippen MR) is 111 cm³/mol. The summed E-state index contributed by atoms with van der Waals surface area (Å²) in [6.07, 6.45) is 4.06. The monoisotopic (exact) mass is 432 g/mol. The summed E-state index contributed by atoms with van der Waals surface area (Å²) >= 11 is 0. The summed E-state index contributed by atoms with van der Waals surface area (Å²) in [6, 6.07) is 8.79. The number of rotatable bonds is 7. The summed E-state index contributed by atoms with van der Waals surface area (Å²) in [5.74, 6) is -1.09. The summed E-state index contributed by atoms with van der Waals surface area (Å²) in [5, 5.41) is 1.18. The molecule has 0 amide bonds. The van der Waals surface area contributed by atoms with E-state index < -0.39 is 27.7 Å². The van der Waals surface area contributed by atoms with Crippen LogP contribution in [0.4, 0.5) is 0 Å². The van der Waals surface area contributed by atoms with Crippen LogP contribution in [0.15, 0.2) is 53.4 Å². The Kier molecular flexibility index (Phi) is 6.28. The Morgan fingerprint density at radius 1 is 1.10 bits per heavy atom. The molecule has 8 heteroatoms. The van der Waals surface area contributed by atoms with E-state index in [0.29, 0.717) is 10.8 Å². The minimum absolute atomic E-state index is 0.0224. The normalized spacial score (nSPS) is 15.7. The van der Waals surface area contributed by atoms with Gasteiger partial charge in [-0.1, -0.05) is 25.6 Å². The van der Waals surface area contributed by atoms with Gasteiger partial charge in [-0.25, -0.2) is 4.79 Å². The quantitative estimate of drug-likeness (QED) is 0.302. The van der Waals surface area contributed by atoms with E-state index in [1.807, 2.05) is 6.92 Å². The number of carbonyl (C=O) groups excluding carboxylic acids is 2. The third-order valence-corrected chi connectivity index (χ3v) is 6.28. The van der Waals surface area contributed by atoms with Gasteiger partial charge in [0, 0.05) is 5.57 Å². The minimum Gasteiger partial charge on any atom is -0.456 e. The van der Waals surface area contributed by atoms with Crippen LogP contribution in [0.25, 0.3) is 10.8 Å². The summed E-state index contributed by atoms with van der Waals surface area (Å²) in [6.45, 7) is 5.64. The molecular formula is C22H24O7S. The summed E-state index contributed by atoms with van der Waals surface area (Å²) in [4.78, 5) is 24.3. The van der Waals surface area contributed by atoms with Gasteiger partial charge >= 0.3 is 11.9 Å². The van der Waals surface area contributed by atoms with Crippen molar-refractivity contribution in [2.24, 2.45) is 0 Å². The van der Waals surface area contributed by atoms with Gasteiger partial charge in [-0.15, -0.1) is 0 Å². The van der Waals surface area contributed by atoms with Gasteiger partial charge in [0.15, 0.2) is 0 Å². The van der Waals surface area contributed by atoms with Crippen LogP contribution in [-0.4, -0.2) is 30.5 Å². The number of esters is 2. The van der Waals surface area contributed by atoms with E-state index in [2.05, 4.69) is 6.58 Å². The fourth-order valence-electron chi connectivity index (χ4n) is 3.66. The topological polar surface area (TPSA) is 107 Å². The molecule has 2 aromatic carbocycles. The molecule has 160 valence electrons. The maximum absolute atomic E-state index is 12.3. The lowest BCUT2D eigenvalue weighted by molar-refractivity contribution is -0.155. The highest BCUT2D eigenvalue weighted by Gasteiger charge is 2.36. The molecule has 0 saturated heterocycles. The van der Waals surface area contributed by atoms with Gasteiger partial charge in [-0.05, 0) is 67.1 Å². The van der Waals surface area contributed by atoms with E-state index in [-0.39, 0.29) is 22.6 Å². The Hall–Kier alpha value is -2.71. The number of hydrogen-bond donors (Lipinski definition) is 1. The van der Waals surface area contributed by atoms with Gasteiger partial charge in [0.1, 0.15) is 11.4 Å². The van der Waals surface area contributed by atoms with Crippen molar-refractivity contribution < 1.29 is 32.0 Å². The molecule has 0 heterocycles. The minimum atomic E-state index is -4.34. The number of ether oxygens (including phenoxy) is 2. The smallest absolute Gasteiger partial charge is 0.334 e. The van der Waals surface area contributed by atoms with Crippen LogP contribution in [-0.2, 0) is 24.4 Å². The highest BCUT2D eigenvalue weighted by molar-refractivity contribution is 7.85. The van der Waals surface area contributed by atoms with Crippen molar-refractivity contribution in [2.75, 3.05) is 0 Å². The van der Waals surface area contributed by atoms with Crippen molar-refractivity contribution in [1.29, 1.82) is 0 Å². The number of fused-ring (bicyclic) bond motifs is 1. The number of carbonyl (C=O) groups is 2. The SMILES string of the molecule is C=C(CC(=O)Oc1ccc2ccc(S(=O)(=O)O)cc2c1)C(=O)OC1(CC)CCCC1. The van der Waals surface area contributed by atoms with Crippen molar-refractivity contribution in [3.8, 4) is 5.75 Å². The van der Waals surface area contributed by atoms with Crippen LogP contribution >= 0.6 is 0 Å². The second-order valence-corrected chi connectivity index (χ2v) is 8.95. The molecule has 1 N–H and O–H groups in total. The van der Waals surface area contributed by atoms with Gasteiger partial charge in [0.05, 0.1) is 11.3 Å². The van der Waals surface area contributed by atoms with Crippen molar-refractivity contribution in [1.82, 2.24) is 0 Å². The van der Waals surface area contributed by atoms with E-state index in [4.69, 9.17) is 9.47 Å². The Morgan fingerprint density at radius 2 is 1.77 bits per heavy atom. The molecule has 30 heavy (non-hydrogen) atoms. The van der Waals surface area contributed by atoms with Crippen LogP contribution in [0.1, 0.15) is 45.4 Å². The first-order valence-corrected chi connectivity index (χ1v) is 11.2.